The maximum Gasteiger partial charge on any atom is 0.264 e. The zero-order valence-electron chi connectivity index (χ0n) is 14.1. The highest BCUT2D eigenvalue weighted by Gasteiger charge is 2.38. The second-order valence-electron chi connectivity index (χ2n) is 5.94. The van der Waals surface area contributed by atoms with Crippen molar-refractivity contribution in [2.45, 2.75) is 30.7 Å². The highest BCUT2D eigenvalue weighted by Crippen LogP contribution is 2.37. The minimum atomic E-state index is -3.66. The molecule has 0 unspecified atom stereocenters. The van der Waals surface area contributed by atoms with Gasteiger partial charge in [0, 0.05) is 18.7 Å². The Morgan fingerprint density at radius 1 is 1.08 bits per heavy atom. The molecule has 1 aliphatic rings. The van der Waals surface area contributed by atoms with E-state index in [1.54, 1.807) is 48.5 Å². The quantitative estimate of drug-likeness (QED) is 0.859. The van der Waals surface area contributed by atoms with Gasteiger partial charge in [0.1, 0.15) is 5.75 Å². The lowest BCUT2D eigenvalue weighted by Gasteiger charge is -2.24. The summed E-state index contributed by atoms with van der Waals surface area (Å²) in [4.78, 5) is 11.3. The fourth-order valence-electron chi connectivity index (χ4n) is 2.61. The Bertz CT molecular complexity index is 857. The molecule has 1 saturated carbocycles. The van der Waals surface area contributed by atoms with Crippen LogP contribution < -0.4 is 14.4 Å². The van der Waals surface area contributed by atoms with Crippen LogP contribution in [-0.2, 0) is 14.8 Å². The molecule has 2 aromatic rings. The van der Waals surface area contributed by atoms with Gasteiger partial charge in [-0.25, -0.2) is 8.42 Å². The number of hydrogen-bond donors (Lipinski definition) is 1. The standard InChI is InChI=1S/C18H20N2O4S/c1-13(21)19-14-3-5-15(6-4-14)20(16-7-8-16)25(22,23)18-11-9-17(24-2)10-12-18/h3-6,9-12,16H,7-8H2,1-2H3,(H,19,21). The minimum absolute atomic E-state index is 0.0290. The van der Waals surface area contributed by atoms with E-state index in [9.17, 15) is 13.2 Å². The molecule has 0 aromatic heterocycles. The van der Waals surface area contributed by atoms with Gasteiger partial charge in [0.15, 0.2) is 0 Å². The molecule has 0 saturated heterocycles. The molecule has 1 fully saturated rings. The van der Waals surface area contributed by atoms with Gasteiger partial charge in [-0.05, 0) is 61.4 Å². The number of anilines is 2. The summed E-state index contributed by atoms with van der Waals surface area (Å²) in [6.07, 6.45) is 1.67. The summed E-state index contributed by atoms with van der Waals surface area (Å²) in [5.41, 5.74) is 1.22. The minimum Gasteiger partial charge on any atom is -0.497 e. The van der Waals surface area contributed by atoms with E-state index < -0.39 is 10.0 Å². The molecule has 3 rings (SSSR count). The lowest BCUT2D eigenvalue weighted by atomic mass is 10.2. The van der Waals surface area contributed by atoms with Gasteiger partial charge in [0.05, 0.1) is 17.7 Å². The van der Waals surface area contributed by atoms with Crippen LogP contribution in [0.2, 0.25) is 0 Å². The Morgan fingerprint density at radius 3 is 2.16 bits per heavy atom. The van der Waals surface area contributed by atoms with Crippen molar-refractivity contribution in [2.24, 2.45) is 0 Å². The number of ether oxygens (including phenoxy) is 1. The van der Waals surface area contributed by atoms with E-state index in [0.29, 0.717) is 17.1 Å². The van der Waals surface area contributed by atoms with E-state index in [1.165, 1.54) is 18.3 Å². The zero-order chi connectivity index (χ0) is 18.0. The largest absolute Gasteiger partial charge is 0.497 e. The monoisotopic (exact) mass is 360 g/mol. The van der Waals surface area contributed by atoms with Crippen LogP contribution in [0.3, 0.4) is 0 Å². The third-order valence-corrected chi connectivity index (χ3v) is 5.83. The maximum atomic E-state index is 13.1. The molecular weight excluding hydrogens is 340 g/mol. The molecule has 0 radical (unpaired) electrons. The van der Waals surface area contributed by atoms with Crippen molar-refractivity contribution in [3.63, 3.8) is 0 Å². The second kappa shape index (κ2) is 6.76. The van der Waals surface area contributed by atoms with Crippen molar-refractivity contribution in [3.8, 4) is 5.75 Å². The van der Waals surface area contributed by atoms with Gasteiger partial charge in [-0.15, -0.1) is 0 Å². The summed E-state index contributed by atoms with van der Waals surface area (Å²) in [5.74, 6) is 0.439. The Kier molecular flexibility index (Phi) is 4.67. The van der Waals surface area contributed by atoms with E-state index in [0.717, 1.165) is 12.8 Å². The molecular formula is C18H20N2O4S. The van der Waals surface area contributed by atoms with Gasteiger partial charge in [0.25, 0.3) is 10.0 Å². The number of nitrogens with one attached hydrogen (secondary N) is 1. The Balaban J connectivity index is 1.93. The number of rotatable bonds is 6. The first-order chi connectivity index (χ1) is 11.9. The van der Waals surface area contributed by atoms with Gasteiger partial charge in [-0.2, -0.15) is 0 Å². The third-order valence-electron chi connectivity index (χ3n) is 3.94. The predicted octanol–water partition coefficient (Wildman–Crippen LogP) is 3.01. The third kappa shape index (κ3) is 3.76. The van der Waals surface area contributed by atoms with Crippen LogP contribution >= 0.6 is 0 Å². The first-order valence-electron chi connectivity index (χ1n) is 7.98. The van der Waals surface area contributed by atoms with Gasteiger partial charge >= 0.3 is 0 Å². The van der Waals surface area contributed by atoms with Crippen molar-refractivity contribution in [3.05, 3.63) is 48.5 Å². The average Bonchev–Trinajstić information content (AvgIpc) is 3.41. The molecule has 2 aromatic carbocycles. The van der Waals surface area contributed by atoms with Gasteiger partial charge in [-0.3, -0.25) is 9.10 Å². The van der Waals surface area contributed by atoms with Crippen molar-refractivity contribution in [2.75, 3.05) is 16.7 Å². The van der Waals surface area contributed by atoms with E-state index in [4.69, 9.17) is 4.74 Å². The van der Waals surface area contributed by atoms with E-state index >= 15 is 0 Å². The highest BCUT2D eigenvalue weighted by molar-refractivity contribution is 7.92. The topological polar surface area (TPSA) is 75.7 Å². The number of carbonyl (C=O) groups excluding carboxylic acids is 1. The molecule has 132 valence electrons. The summed E-state index contributed by atoms with van der Waals surface area (Å²) in [5, 5.41) is 2.68. The van der Waals surface area contributed by atoms with Crippen LogP contribution in [0.4, 0.5) is 11.4 Å². The number of carbonyl (C=O) groups is 1. The molecule has 1 amide bonds. The summed E-state index contributed by atoms with van der Waals surface area (Å²) in [7, 11) is -2.12. The number of methoxy groups -OCH3 is 1. The SMILES string of the molecule is COc1ccc(S(=O)(=O)N(c2ccc(NC(C)=O)cc2)C2CC2)cc1. The van der Waals surface area contributed by atoms with Crippen molar-refractivity contribution >= 4 is 27.3 Å². The second-order valence-corrected chi connectivity index (χ2v) is 7.75. The van der Waals surface area contributed by atoms with Crippen LogP contribution in [0, 0.1) is 0 Å². The normalized spacial score (nSPS) is 14.0. The average molecular weight is 360 g/mol. The summed E-state index contributed by atoms with van der Waals surface area (Å²) < 4.78 is 32.7. The molecule has 0 atom stereocenters. The fourth-order valence-corrected chi connectivity index (χ4v) is 4.32. The van der Waals surface area contributed by atoms with Crippen LogP contribution in [0.25, 0.3) is 0 Å². The van der Waals surface area contributed by atoms with Crippen molar-refractivity contribution in [1.82, 2.24) is 0 Å². The Hall–Kier alpha value is -2.54. The molecule has 0 heterocycles. The highest BCUT2D eigenvalue weighted by atomic mass is 32.2. The predicted molar refractivity (Wildman–Crippen MR) is 96.4 cm³/mol. The fraction of sp³-hybridized carbons (Fsp3) is 0.278. The van der Waals surface area contributed by atoms with Crippen molar-refractivity contribution < 1.29 is 17.9 Å². The molecule has 7 heteroatoms. The first kappa shape index (κ1) is 17.3. The molecule has 1 aliphatic carbocycles. The molecule has 1 N–H and O–H groups in total. The van der Waals surface area contributed by atoms with E-state index in [-0.39, 0.29) is 16.8 Å². The molecule has 0 spiro atoms. The number of amides is 1. The number of nitrogens with zero attached hydrogens (tertiary/aromatic N) is 1. The van der Waals surface area contributed by atoms with E-state index in [2.05, 4.69) is 5.32 Å². The molecule has 0 aliphatic heterocycles. The van der Waals surface area contributed by atoms with Gasteiger partial charge < -0.3 is 10.1 Å². The van der Waals surface area contributed by atoms with Gasteiger partial charge in [0.2, 0.25) is 5.91 Å². The lowest BCUT2D eigenvalue weighted by molar-refractivity contribution is -0.114. The first-order valence-corrected chi connectivity index (χ1v) is 9.42. The maximum absolute atomic E-state index is 13.1. The number of hydrogen-bond acceptors (Lipinski definition) is 4. The number of sulfonamides is 1. The lowest BCUT2D eigenvalue weighted by Crippen LogP contribution is -2.33. The van der Waals surface area contributed by atoms with Crippen LogP contribution in [0.15, 0.2) is 53.4 Å². The molecule has 6 nitrogen and oxygen atoms in total. The van der Waals surface area contributed by atoms with E-state index in [1.807, 2.05) is 0 Å². The Morgan fingerprint density at radius 2 is 1.68 bits per heavy atom. The summed E-state index contributed by atoms with van der Waals surface area (Å²) >= 11 is 0. The molecule has 0 bridgehead atoms. The van der Waals surface area contributed by atoms with Crippen LogP contribution in [0.5, 0.6) is 5.75 Å². The smallest absolute Gasteiger partial charge is 0.264 e. The Labute approximate surface area is 147 Å². The molecule has 25 heavy (non-hydrogen) atoms. The van der Waals surface area contributed by atoms with Crippen LogP contribution in [0.1, 0.15) is 19.8 Å². The van der Waals surface area contributed by atoms with Crippen LogP contribution in [-0.4, -0.2) is 27.5 Å². The number of benzene rings is 2. The van der Waals surface area contributed by atoms with Crippen molar-refractivity contribution in [1.29, 1.82) is 0 Å². The van der Waals surface area contributed by atoms with Gasteiger partial charge in [-0.1, -0.05) is 0 Å². The summed E-state index contributed by atoms with van der Waals surface area (Å²) in [6.45, 7) is 1.43. The summed E-state index contributed by atoms with van der Waals surface area (Å²) in [6, 6.07) is 13.2. The zero-order valence-corrected chi connectivity index (χ0v) is 14.9.